The van der Waals surface area contributed by atoms with Gasteiger partial charge in [0.1, 0.15) is 11.6 Å². The molecule has 0 aliphatic heterocycles. The normalized spacial score (nSPS) is 11.7. The van der Waals surface area contributed by atoms with Gasteiger partial charge < -0.3 is 5.11 Å². The first kappa shape index (κ1) is 28.1. The number of phenolic OH excluding ortho intramolecular Hbond substituents is 1. The van der Waals surface area contributed by atoms with Gasteiger partial charge in [0, 0.05) is 36.3 Å². The molecule has 0 aliphatic carbocycles. The van der Waals surface area contributed by atoms with Crippen molar-refractivity contribution in [3.05, 3.63) is 114 Å². The van der Waals surface area contributed by atoms with E-state index in [1.165, 1.54) is 30.3 Å². The second-order valence-electron chi connectivity index (χ2n) is 8.47. The fraction of sp³-hybridized carbons (Fsp3) is 0.0690. The molecule has 0 bridgehead atoms. The fourth-order valence-electron chi connectivity index (χ4n) is 4.19. The van der Waals surface area contributed by atoms with E-state index in [-0.39, 0.29) is 36.7 Å². The molecule has 0 spiro atoms. The first-order chi connectivity index (χ1) is 18.0. The van der Waals surface area contributed by atoms with Gasteiger partial charge in [0.05, 0.1) is 28.1 Å². The zero-order chi connectivity index (χ0) is 27.1. The average Bonchev–Trinajstić information content (AvgIpc) is 3.29. The van der Waals surface area contributed by atoms with Crippen molar-refractivity contribution in [3.8, 4) is 45.3 Å². The Labute approximate surface area is 232 Å². The summed E-state index contributed by atoms with van der Waals surface area (Å²) in [5.41, 5.74) is 0.493. The van der Waals surface area contributed by atoms with Gasteiger partial charge >= 0.3 is 12.4 Å². The number of phenols is 1. The van der Waals surface area contributed by atoms with Gasteiger partial charge in [-0.05, 0) is 48.5 Å². The van der Waals surface area contributed by atoms with Gasteiger partial charge in [-0.2, -0.15) is 26.3 Å². The van der Waals surface area contributed by atoms with E-state index in [1.807, 2.05) is 0 Å². The number of nitrogens with zero attached hydrogens (tertiary/aromatic N) is 2. The Balaban J connectivity index is 0.00000353. The summed E-state index contributed by atoms with van der Waals surface area (Å²) < 4.78 is 81.2. The van der Waals surface area contributed by atoms with Crippen molar-refractivity contribution in [2.45, 2.75) is 12.4 Å². The maximum Gasteiger partial charge on any atom is 0.416 e. The second-order valence-corrected chi connectivity index (χ2v) is 8.47. The van der Waals surface area contributed by atoms with E-state index < -0.39 is 23.5 Å². The number of hydrogen-bond donors (Lipinski definition) is 1. The van der Waals surface area contributed by atoms with Gasteiger partial charge in [0.15, 0.2) is 0 Å². The number of rotatable bonds is 4. The summed E-state index contributed by atoms with van der Waals surface area (Å²) >= 11 is 0. The van der Waals surface area contributed by atoms with Crippen molar-refractivity contribution in [1.82, 2.24) is 9.55 Å². The molecule has 0 radical (unpaired) electrons. The molecule has 0 saturated heterocycles. The molecule has 39 heavy (non-hydrogen) atoms. The van der Waals surface area contributed by atoms with Gasteiger partial charge in [-0.3, -0.25) is 4.57 Å². The summed E-state index contributed by atoms with van der Waals surface area (Å²) in [6.07, 6.45) is -9.09. The van der Waals surface area contributed by atoms with E-state index in [0.717, 1.165) is 24.3 Å². The first-order valence-corrected chi connectivity index (χ1v) is 11.4. The van der Waals surface area contributed by atoms with Crippen molar-refractivity contribution < 1.29 is 50.9 Å². The molecule has 0 fully saturated rings. The van der Waals surface area contributed by atoms with Gasteiger partial charge in [0.2, 0.25) is 0 Å². The molecule has 1 heterocycles. The maximum absolute atomic E-state index is 13.3. The number of benzene rings is 4. The third kappa shape index (κ3) is 5.61. The monoisotopic (exact) mass is 588 g/mol. The van der Waals surface area contributed by atoms with Gasteiger partial charge in [-0.1, -0.05) is 54.6 Å². The van der Waals surface area contributed by atoms with E-state index >= 15 is 0 Å². The maximum atomic E-state index is 13.3. The van der Waals surface area contributed by atoms with Crippen molar-refractivity contribution in [2.75, 3.05) is 0 Å². The standard InChI is InChI=1S/C29H18F6N2O.Zn/c30-28(31,32)20-14-10-18(11-15-20)25-26(19-12-16-21(17-13-19)29(33,34)35)37(22-6-2-1-3-7-22)27(36-25)23-8-4-5-9-24(23)38;/h1-17,38H;. The molecule has 5 rings (SSSR count). The number of para-hydroxylation sites is 2. The third-order valence-corrected chi connectivity index (χ3v) is 6.01. The Morgan fingerprint density at radius 3 is 1.59 bits per heavy atom. The van der Waals surface area contributed by atoms with E-state index in [0.29, 0.717) is 28.1 Å². The Morgan fingerprint density at radius 2 is 1.08 bits per heavy atom. The van der Waals surface area contributed by atoms with E-state index in [4.69, 9.17) is 4.98 Å². The van der Waals surface area contributed by atoms with E-state index in [9.17, 15) is 31.4 Å². The van der Waals surface area contributed by atoms with Crippen LogP contribution in [-0.2, 0) is 31.8 Å². The van der Waals surface area contributed by atoms with Crippen LogP contribution in [0.5, 0.6) is 5.75 Å². The Morgan fingerprint density at radius 1 is 0.590 bits per heavy atom. The molecule has 4 aromatic carbocycles. The van der Waals surface area contributed by atoms with Crippen molar-refractivity contribution in [2.24, 2.45) is 0 Å². The number of aromatic nitrogens is 2. The predicted octanol–water partition coefficient (Wildman–Crippen LogP) is 8.61. The van der Waals surface area contributed by atoms with Crippen LogP contribution in [0.15, 0.2) is 103 Å². The second kappa shape index (κ2) is 10.7. The van der Waals surface area contributed by atoms with Gasteiger partial charge in [-0.15, -0.1) is 0 Å². The van der Waals surface area contributed by atoms with Crippen LogP contribution in [-0.4, -0.2) is 14.7 Å². The SMILES string of the molecule is Oc1ccccc1-c1nc(-c2ccc(C(F)(F)F)cc2)c(-c2ccc(C(F)(F)F)cc2)n1-c1ccccc1.[Zn]. The third-order valence-electron chi connectivity index (χ3n) is 6.01. The summed E-state index contributed by atoms with van der Waals surface area (Å²) in [6.45, 7) is 0. The summed E-state index contributed by atoms with van der Waals surface area (Å²) in [5.74, 6) is 0.173. The molecule has 0 aliphatic rings. The zero-order valence-electron chi connectivity index (χ0n) is 20.1. The summed E-state index contributed by atoms with van der Waals surface area (Å²) in [6, 6.07) is 24.1. The molecule has 3 nitrogen and oxygen atoms in total. The molecule has 194 valence electrons. The number of alkyl halides is 6. The fourth-order valence-corrected chi connectivity index (χ4v) is 4.19. The van der Waals surface area contributed by atoms with Gasteiger partial charge in [0.25, 0.3) is 0 Å². The topological polar surface area (TPSA) is 38.1 Å². The Hall–Kier alpha value is -3.91. The minimum Gasteiger partial charge on any atom is -0.507 e. The molecule has 1 aromatic heterocycles. The molecular weight excluding hydrogens is 572 g/mol. The van der Waals surface area contributed by atoms with Crippen LogP contribution in [0, 0.1) is 0 Å². The molecule has 0 saturated carbocycles. The number of hydrogen-bond acceptors (Lipinski definition) is 2. The van der Waals surface area contributed by atoms with Crippen LogP contribution >= 0.6 is 0 Å². The summed E-state index contributed by atoms with van der Waals surface area (Å²) in [5, 5.41) is 10.6. The predicted molar refractivity (Wildman–Crippen MR) is 132 cm³/mol. The molecule has 0 amide bonds. The number of halogens is 6. The zero-order valence-corrected chi connectivity index (χ0v) is 23.1. The summed E-state index contributed by atoms with van der Waals surface area (Å²) in [4.78, 5) is 4.73. The van der Waals surface area contributed by atoms with Crippen molar-refractivity contribution in [3.63, 3.8) is 0 Å². The molecule has 0 unspecified atom stereocenters. The van der Waals surface area contributed by atoms with Crippen molar-refractivity contribution >= 4 is 0 Å². The van der Waals surface area contributed by atoms with Crippen LogP contribution < -0.4 is 0 Å². The molecule has 5 aromatic rings. The Bertz CT molecular complexity index is 1580. The van der Waals surface area contributed by atoms with Crippen molar-refractivity contribution in [1.29, 1.82) is 0 Å². The van der Waals surface area contributed by atoms with E-state index in [1.54, 1.807) is 53.1 Å². The van der Waals surface area contributed by atoms with Crippen LogP contribution in [0.3, 0.4) is 0 Å². The first-order valence-electron chi connectivity index (χ1n) is 11.4. The largest absolute Gasteiger partial charge is 0.507 e. The number of aromatic hydroxyl groups is 1. The number of imidazole rings is 1. The molecule has 10 heteroatoms. The van der Waals surface area contributed by atoms with Crippen LogP contribution in [0.1, 0.15) is 11.1 Å². The van der Waals surface area contributed by atoms with Crippen LogP contribution in [0.2, 0.25) is 0 Å². The van der Waals surface area contributed by atoms with E-state index in [2.05, 4.69) is 0 Å². The summed E-state index contributed by atoms with van der Waals surface area (Å²) in [7, 11) is 0. The molecule has 0 atom stereocenters. The van der Waals surface area contributed by atoms with Crippen LogP contribution in [0.4, 0.5) is 26.3 Å². The quantitative estimate of drug-likeness (QED) is 0.168. The average molecular weight is 590 g/mol. The smallest absolute Gasteiger partial charge is 0.416 e. The van der Waals surface area contributed by atoms with Crippen LogP contribution in [0.25, 0.3) is 39.6 Å². The van der Waals surface area contributed by atoms with Gasteiger partial charge in [-0.25, -0.2) is 4.98 Å². The minimum absolute atomic E-state index is 0. The minimum atomic E-state index is -4.55. The molecule has 1 N–H and O–H groups in total. The molecular formula is C29H18F6N2OZn. The Kier molecular flexibility index (Phi) is 7.71.